The second-order valence-electron chi connectivity index (χ2n) is 6.02. The smallest absolute Gasteiger partial charge is 0.399 e. The van der Waals surface area contributed by atoms with Gasteiger partial charge < -0.3 is 14.6 Å². The Kier molecular flexibility index (Phi) is 3.89. The number of hydrogen-bond donors (Lipinski definition) is 1. The third kappa shape index (κ3) is 2.86. The molecule has 2 rings (SSSR count). The van der Waals surface area contributed by atoms with E-state index in [2.05, 4.69) is 10.3 Å². The van der Waals surface area contributed by atoms with Crippen LogP contribution >= 0.6 is 0 Å². The van der Waals surface area contributed by atoms with Crippen LogP contribution in [-0.2, 0) is 20.5 Å². The summed E-state index contributed by atoms with van der Waals surface area (Å²) < 4.78 is 11.9. The van der Waals surface area contributed by atoms with Gasteiger partial charge in [-0.3, -0.25) is 9.78 Å². The standard InChI is InChI=1S/C14H21BN2O3/c1-13(2)14(3,4)20-15(19-13)10-6-7-11(17-9-10)8-12(18)16-5/h6-7,9H,8H2,1-5H3,(H,16,18). The second kappa shape index (κ2) is 5.18. The van der Waals surface area contributed by atoms with Crippen molar-refractivity contribution in [2.75, 3.05) is 7.05 Å². The maximum Gasteiger partial charge on any atom is 0.496 e. The number of hydrogen-bond acceptors (Lipinski definition) is 4. The molecule has 0 aliphatic carbocycles. The molecule has 1 amide bonds. The van der Waals surface area contributed by atoms with Gasteiger partial charge in [0.2, 0.25) is 5.91 Å². The maximum absolute atomic E-state index is 11.3. The first-order chi connectivity index (χ1) is 9.25. The largest absolute Gasteiger partial charge is 0.496 e. The molecule has 1 aromatic rings. The van der Waals surface area contributed by atoms with Crippen molar-refractivity contribution in [2.45, 2.75) is 45.3 Å². The van der Waals surface area contributed by atoms with E-state index in [0.717, 1.165) is 11.2 Å². The Morgan fingerprint density at radius 2 is 1.85 bits per heavy atom. The monoisotopic (exact) mass is 276 g/mol. The van der Waals surface area contributed by atoms with Crippen LogP contribution in [0.15, 0.2) is 18.3 Å². The molecule has 1 N–H and O–H groups in total. The van der Waals surface area contributed by atoms with E-state index in [1.807, 2.05) is 39.8 Å². The van der Waals surface area contributed by atoms with Crippen LogP contribution in [0.5, 0.6) is 0 Å². The Morgan fingerprint density at radius 3 is 2.30 bits per heavy atom. The lowest BCUT2D eigenvalue weighted by atomic mass is 9.80. The summed E-state index contributed by atoms with van der Waals surface area (Å²) in [5, 5.41) is 2.58. The fourth-order valence-electron chi connectivity index (χ4n) is 1.91. The summed E-state index contributed by atoms with van der Waals surface area (Å²) in [6.45, 7) is 8.06. The van der Waals surface area contributed by atoms with Crippen molar-refractivity contribution in [1.29, 1.82) is 0 Å². The van der Waals surface area contributed by atoms with E-state index in [1.165, 1.54) is 0 Å². The summed E-state index contributed by atoms with van der Waals surface area (Å²) in [4.78, 5) is 15.6. The summed E-state index contributed by atoms with van der Waals surface area (Å²) in [7, 11) is 1.20. The van der Waals surface area contributed by atoms with Crippen LogP contribution in [-0.4, -0.2) is 36.3 Å². The molecule has 0 unspecified atom stereocenters. The summed E-state index contributed by atoms with van der Waals surface area (Å²) in [6, 6.07) is 3.73. The number of amides is 1. The molecular formula is C14H21BN2O3. The Labute approximate surface area is 120 Å². The number of carbonyl (C=O) groups excluding carboxylic acids is 1. The minimum absolute atomic E-state index is 0.0547. The summed E-state index contributed by atoms with van der Waals surface area (Å²) >= 11 is 0. The highest BCUT2D eigenvalue weighted by molar-refractivity contribution is 6.62. The number of aromatic nitrogens is 1. The first-order valence-corrected chi connectivity index (χ1v) is 6.76. The number of carbonyl (C=O) groups is 1. The van der Waals surface area contributed by atoms with Gasteiger partial charge in [-0.05, 0) is 33.8 Å². The Balaban J connectivity index is 2.10. The zero-order chi connectivity index (χ0) is 15.0. The van der Waals surface area contributed by atoms with Gasteiger partial charge in [-0.1, -0.05) is 6.07 Å². The zero-order valence-corrected chi connectivity index (χ0v) is 12.7. The van der Waals surface area contributed by atoms with Crippen LogP contribution < -0.4 is 10.8 Å². The van der Waals surface area contributed by atoms with Crippen LogP contribution in [0, 0.1) is 0 Å². The van der Waals surface area contributed by atoms with Gasteiger partial charge in [-0.2, -0.15) is 0 Å². The Hall–Kier alpha value is -1.40. The van der Waals surface area contributed by atoms with Crippen LogP contribution in [0.25, 0.3) is 0 Å². The zero-order valence-electron chi connectivity index (χ0n) is 12.7. The molecule has 108 valence electrons. The second-order valence-corrected chi connectivity index (χ2v) is 6.02. The topological polar surface area (TPSA) is 60.5 Å². The van der Waals surface area contributed by atoms with E-state index < -0.39 is 7.12 Å². The number of likely N-dealkylation sites (N-methyl/N-ethyl adjacent to an activating group) is 1. The molecule has 6 heteroatoms. The van der Waals surface area contributed by atoms with E-state index in [1.54, 1.807) is 13.2 Å². The number of nitrogens with zero attached hydrogens (tertiary/aromatic N) is 1. The lowest BCUT2D eigenvalue weighted by Crippen LogP contribution is -2.41. The first kappa shape index (κ1) is 15.0. The summed E-state index contributed by atoms with van der Waals surface area (Å²) in [5.74, 6) is -0.0547. The lowest BCUT2D eigenvalue weighted by molar-refractivity contribution is -0.120. The number of nitrogens with one attached hydrogen (secondary N) is 1. The van der Waals surface area contributed by atoms with Gasteiger partial charge in [0.05, 0.1) is 17.6 Å². The van der Waals surface area contributed by atoms with E-state index in [9.17, 15) is 4.79 Å². The van der Waals surface area contributed by atoms with E-state index >= 15 is 0 Å². The summed E-state index contributed by atoms with van der Waals surface area (Å²) in [5.41, 5.74) is 0.866. The molecule has 1 fully saturated rings. The van der Waals surface area contributed by atoms with Crippen molar-refractivity contribution < 1.29 is 14.1 Å². The van der Waals surface area contributed by atoms with E-state index in [0.29, 0.717) is 0 Å². The van der Waals surface area contributed by atoms with Gasteiger partial charge in [0.25, 0.3) is 0 Å². The van der Waals surface area contributed by atoms with Gasteiger partial charge in [-0.15, -0.1) is 0 Å². The third-order valence-electron chi connectivity index (χ3n) is 3.99. The molecule has 1 aliphatic heterocycles. The SMILES string of the molecule is CNC(=O)Cc1ccc(B2OC(C)(C)C(C)(C)O2)cn1. The van der Waals surface area contributed by atoms with Crippen molar-refractivity contribution in [3.8, 4) is 0 Å². The highest BCUT2D eigenvalue weighted by Gasteiger charge is 2.51. The Bertz CT molecular complexity index is 484. The average Bonchev–Trinajstić information content (AvgIpc) is 2.59. The molecule has 1 saturated heterocycles. The molecule has 20 heavy (non-hydrogen) atoms. The number of rotatable bonds is 3. The third-order valence-corrected chi connectivity index (χ3v) is 3.99. The van der Waals surface area contributed by atoms with Gasteiger partial charge >= 0.3 is 7.12 Å². The van der Waals surface area contributed by atoms with Crippen LogP contribution in [0.4, 0.5) is 0 Å². The molecule has 0 saturated carbocycles. The predicted molar refractivity (Wildman–Crippen MR) is 77.7 cm³/mol. The normalized spacial score (nSPS) is 19.9. The highest BCUT2D eigenvalue weighted by Crippen LogP contribution is 2.36. The molecule has 5 nitrogen and oxygen atoms in total. The van der Waals surface area contributed by atoms with Crippen LogP contribution in [0.2, 0.25) is 0 Å². The molecule has 1 aromatic heterocycles. The van der Waals surface area contributed by atoms with Crippen molar-refractivity contribution in [1.82, 2.24) is 10.3 Å². The van der Waals surface area contributed by atoms with Crippen molar-refractivity contribution in [2.24, 2.45) is 0 Å². The minimum Gasteiger partial charge on any atom is -0.399 e. The quantitative estimate of drug-likeness (QED) is 0.824. The molecule has 0 atom stereocenters. The molecule has 0 aromatic carbocycles. The minimum atomic E-state index is -0.415. The molecule has 0 spiro atoms. The van der Waals surface area contributed by atoms with Crippen molar-refractivity contribution >= 4 is 18.5 Å². The van der Waals surface area contributed by atoms with Crippen molar-refractivity contribution in [3.63, 3.8) is 0 Å². The number of pyridine rings is 1. The highest BCUT2D eigenvalue weighted by atomic mass is 16.7. The fraction of sp³-hybridized carbons (Fsp3) is 0.571. The van der Waals surface area contributed by atoms with Gasteiger partial charge in [-0.25, -0.2) is 0 Å². The molecule has 0 radical (unpaired) electrons. The van der Waals surface area contributed by atoms with Crippen molar-refractivity contribution in [3.05, 3.63) is 24.0 Å². The van der Waals surface area contributed by atoms with Gasteiger partial charge in [0.15, 0.2) is 0 Å². The molecular weight excluding hydrogens is 255 g/mol. The van der Waals surface area contributed by atoms with Gasteiger partial charge in [0.1, 0.15) is 0 Å². The predicted octanol–water partition coefficient (Wildman–Crippen LogP) is 0.669. The molecule has 1 aliphatic rings. The lowest BCUT2D eigenvalue weighted by Gasteiger charge is -2.32. The van der Waals surface area contributed by atoms with Crippen LogP contribution in [0.1, 0.15) is 33.4 Å². The van der Waals surface area contributed by atoms with E-state index in [4.69, 9.17) is 9.31 Å². The molecule has 2 heterocycles. The average molecular weight is 276 g/mol. The fourth-order valence-corrected chi connectivity index (χ4v) is 1.91. The molecule has 0 bridgehead atoms. The maximum atomic E-state index is 11.3. The summed E-state index contributed by atoms with van der Waals surface area (Å²) in [6.07, 6.45) is 1.99. The Morgan fingerprint density at radius 1 is 1.25 bits per heavy atom. The first-order valence-electron chi connectivity index (χ1n) is 6.76. The van der Waals surface area contributed by atoms with E-state index in [-0.39, 0.29) is 23.5 Å². The van der Waals surface area contributed by atoms with Gasteiger partial charge in [0, 0.05) is 24.4 Å². The van der Waals surface area contributed by atoms with Crippen LogP contribution in [0.3, 0.4) is 0 Å².